The van der Waals surface area contributed by atoms with Crippen molar-refractivity contribution in [2.45, 2.75) is 13.0 Å². The molecule has 3 heterocycles. The largest absolute Gasteiger partial charge is 0.445 e. The molecule has 3 aromatic rings. The number of benzene rings is 1. The molecule has 126 valence electrons. The lowest BCUT2D eigenvalue weighted by Crippen LogP contribution is -2.35. The Hall–Kier alpha value is -3.08. The molecule has 0 N–H and O–H groups in total. The number of imidazole rings is 1. The van der Waals surface area contributed by atoms with Crippen LogP contribution < -0.4 is 0 Å². The molecule has 0 saturated carbocycles. The predicted molar refractivity (Wildman–Crippen MR) is 96.0 cm³/mol. The molecular formula is C20H19N3O2. The summed E-state index contributed by atoms with van der Waals surface area (Å²) in [5.74, 6) is 0. The van der Waals surface area contributed by atoms with Crippen molar-refractivity contribution >= 4 is 17.2 Å². The standard InChI is InChI=1S/C20H19N3O2/c24-20(25-14-16-5-2-1-3-6-16)22-11-9-17(10-12-22)19-8-4-7-18-13-21-15-23(18)19/h1-9,13,15H,10-12,14H2. The first-order valence-electron chi connectivity index (χ1n) is 8.37. The lowest BCUT2D eigenvalue weighted by molar-refractivity contribution is 0.0998. The number of pyridine rings is 1. The number of nitrogens with zero attached hydrogens (tertiary/aromatic N) is 3. The first kappa shape index (κ1) is 15.4. The number of amides is 1. The SMILES string of the molecule is O=C(OCc1ccccc1)N1CC=C(c2cccc3cncn23)CC1. The first-order valence-corrected chi connectivity index (χ1v) is 8.37. The topological polar surface area (TPSA) is 46.8 Å². The minimum atomic E-state index is -0.264. The highest BCUT2D eigenvalue weighted by Gasteiger charge is 2.20. The second-order valence-corrected chi connectivity index (χ2v) is 6.07. The van der Waals surface area contributed by atoms with Crippen LogP contribution >= 0.6 is 0 Å². The van der Waals surface area contributed by atoms with Gasteiger partial charge in [-0.15, -0.1) is 0 Å². The second-order valence-electron chi connectivity index (χ2n) is 6.07. The molecule has 4 rings (SSSR count). The molecule has 2 aromatic heterocycles. The van der Waals surface area contributed by atoms with Gasteiger partial charge in [-0.1, -0.05) is 42.5 Å². The summed E-state index contributed by atoms with van der Waals surface area (Å²) in [6.07, 6.45) is 6.31. The van der Waals surface area contributed by atoms with E-state index in [9.17, 15) is 4.79 Å². The van der Waals surface area contributed by atoms with Gasteiger partial charge >= 0.3 is 6.09 Å². The van der Waals surface area contributed by atoms with Gasteiger partial charge in [-0.05, 0) is 29.7 Å². The molecule has 1 amide bonds. The van der Waals surface area contributed by atoms with Gasteiger partial charge in [0.2, 0.25) is 0 Å². The van der Waals surface area contributed by atoms with E-state index in [4.69, 9.17) is 4.74 Å². The summed E-state index contributed by atoms with van der Waals surface area (Å²) in [6, 6.07) is 15.9. The summed E-state index contributed by atoms with van der Waals surface area (Å²) < 4.78 is 7.49. The van der Waals surface area contributed by atoms with Crippen LogP contribution in [0.1, 0.15) is 17.7 Å². The van der Waals surface area contributed by atoms with Crippen LogP contribution in [0.5, 0.6) is 0 Å². The van der Waals surface area contributed by atoms with E-state index >= 15 is 0 Å². The zero-order valence-electron chi connectivity index (χ0n) is 13.8. The van der Waals surface area contributed by atoms with E-state index in [1.165, 1.54) is 5.57 Å². The van der Waals surface area contributed by atoms with E-state index in [0.717, 1.165) is 23.2 Å². The van der Waals surface area contributed by atoms with Crippen molar-refractivity contribution in [3.05, 3.63) is 78.4 Å². The van der Waals surface area contributed by atoms with Gasteiger partial charge in [0.25, 0.3) is 0 Å². The quantitative estimate of drug-likeness (QED) is 0.733. The molecule has 0 fully saturated rings. The van der Waals surface area contributed by atoms with Crippen LogP contribution in [-0.2, 0) is 11.3 Å². The second kappa shape index (κ2) is 6.81. The number of hydrogen-bond acceptors (Lipinski definition) is 3. The van der Waals surface area contributed by atoms with E-state index < -0.39 is 0 Å². The minimum absolute atomic E-state index is 0.264. The number of carbonyl (C=O) groups is 1. The van der Waals surface area contributed by atoms with E-state index in [0.29, 0.717) is 19.7 Å². The van der Waals surface area contributed by atoms with Gasteiger partial charge in [0.1, 0.15) is 6.61 Å². The molecule has 0 radical (unpaired) electrons. The van der Waals surface area contributed by atoms with Crippen molar-refractivity contribution in [1.82, 2.24) is 14.3 Å². The molecule has 1 aromatic carbocycles. The number of ether oxygens (including phenoxy) is 1. The smallest absolute Gasteiger partial charge is 0.410 e. The summed E-state index contributed by atoms with van der Waals surface area (Å²) in [7, 11) is 0. The summed E-state index contributed by atoms with van der Waals surface area (Å²) in [5, 5.41) is 0. The van der Waals surface area contributed by atoms with Crippen molar-refractivity contribution in [3.63, 3.8) is 0 Å². The van der Waals surface area contributed by atoms with Crippen molar-refractivity contribution in [3.8, 4) is 0 Å². The highest BCUT2D eigenvalue weighted by Crippen LogP contribution is 2.23. The maximum atomic E-state index is 12.2. The van der Waals surface area contributed by atoms with Gasteiger partial charge in [0.15, 0.2) is 0 Å². The highest BCUT2D eigenvalue weighted by molar-refractivity contribution is 5.72. The number of rotatable bonds is 3. The molecule has 0 atom stereocenters. The molecule has 0 bridgehead atoms. The third kappa shape index (κ3) is 3.26. The number of carbonyl (C=O) groups excluding carboxylic acids is 1. The third-order valence-corrected chi connectivity index (χ3v) is 4.45. The third-order valence-electron chi connectivity index (χ3n) is 4.45. The minimum Gasteiger partial charge on any atom is -0.445 e. The van der Waals surface area contributed by atoms with Crippen LogP contribution in [0.2, 0.25) is 0 Å². The summed E-state index contributed by atoms with van der Waals surface area (Å²) in [6.45, 7) is 1.53. The maximum absolute atomic E-state index is 12.2. The zero-order valence-corrected chi connectivity index (χ0v) is 13.8. The first-order chi connectivity index (χ1) is 12.3. The van der Waals surface area contributed by atoms with Crippen LogP contribution in [0.25, 0.3) is 11.1 Å². The zero-order chi connectivity index (χ0) is 17.1. The Labute approximate surface area is 146 Å². The van der Waals surface area contributed by atoms with Crippen molar-refractivity contribution in [2.75, 3.05) is 13.1 Å². The molecule has 5 heteroatoms. The highest BCUT2D eigenvalue weighted by atomic mass is 16.6. The van der Waals surface area contributed by atoms with Crippen molar-refractivity contribution in [1.29, 1.82) is 0 Å². The van der Waals surface area contributed by atoms with Crippen LogP contribution in [0.15, 0.2) is 67.1 Å². The number of aromatic nitrogens is 2. The lowest BCUT2D eigenvalue weighted by atomic mass is 10.0. The predicted octanol–water partition coefficient (Wildman–Crippen LogP) is 3.76. The molecule has 1 aliphatic heterocycles. The van der Waals surface area contributed by atoms with Gasteiger partial charge in [-0.2, -0.15) is 0 Å². The van der Waals surface area contributed by atoms with E-state index in [2.05, 4.69) is 21.5 Å². The molecular weight excluding hydrogens is 314 g/mol. The molecule has 0 aliphatic carbocycles. The molecule has 25 heavy (non-hydrogen) atoms. The molecule has 1 aliphatic rings. The van der Waals surface area contributed by atoms with E-state index in [1.807, 2.05) is 55.0 Å². The van der Waals surface area contributed by atoms with Gasteiger partial charge < -0.3 is 9.64 Å². The number of fused-ring (bicyclic) bond motifs is 1. The normalized spacial score (nSPS) is 14.4. The van der Waals surface area contributed by atoms with Gasteiger partial charge in [-0.25, -0.2) is 9.78 Å². The Bertz CT molecular complexity index is 915. The Kier molecular flexibility index (Phi) is 4.21. The molecule has 0 unspecified atom stereocenters. The van der Waals surface area contributed by atoms with Crippen LogP contribution in [0.4, 0.5) is 4.79 Å². The molecule has 0 spiro atoms. The van der Waals surface area contributed by atoms with E-state index in [-0.39, 0.29) is 6.09 Å². The van der Waals surface area contributed by atoms with Gasteiger partial charge in [0, 0.05) is 13.1 Å². The average Bonchev–Trinajstić information content (AvgIpc) is 3.16. The van der Waals surface area contributed by atoms with Gasteiger partial charge in [0.05, 0.1) is 23.7 Å². The Morgan fingerprint density at radius 1 is 1.12 bits per heavy atom. The average molecular weight is 333 g/mol. The van der Waals surface area contributed by atoms with E-state index in [1.54, 1.807) is 4.90 Å². The lowest BCUT2D eigenvalue weighted by Gasteiger charge is -2.26. The van der Waals surface area contributed by atoms with Crippen molar-refractivity contribution in [2.24, 2.45) is 0 Å². The van der Waals surface area contributed by atoms with Crippen LogP contribution in [-0.4, -0.2) is 33.5 Å². The fraction of sp³-hybridized carbons (Fsp3) is 0.200. The maximum Gasteiger partial charge on any atom is 0.410 e. The van der Waals surface area contributed by atoms with Crippen LogP contribution in [0, 0.1) is 0 Å². The molecule has 0 saturated heterocycles. The summed E-state index contributed by atoms with van der Waals surface area (Å²) in [4.78, 5) is 18.2. The Balaban J connectivity index is 1.41. The van der Waals surface area contributed by atoms with Gasteiger partial charge in [-0.3, -0.25) is 4.40 Å². The Morgan fingerprint density at radius 3 is 2.80 bits per heavy atom. The monoisotopic (exact) mass is 333 g/mol. The fourth-order valence-electron chi connectivity index (χ4n) is 3.09. The summed E-state index contributed by atoms with van der Waals surface area (Å²) in [5.41, 5.74) is 4.43. The molecule has 5 nitrogen and oxygen atoms in total. The Morgan fingerprint density at radius 2 is 2.00 bits per heavy atom. The number of hydrogen-bond donors (Lipinski definition) is 0. The summed E-state index contributed by atoms with van der Waals surface area (Å²) >= 11 is 0. The van der Waals surface area contributed by atoms with Crippen molar-refractivity contribution < 1.29 is 9.53 Å². The fourth-order valence-corrected chi connectivity index (χ4v) is 3.09. The van der Waals surface area contributed by atoms with Crippen LogP contribution in [0.3, 0.4) is 0 Å².